The van der Waals surface area contributed by atoms with Gasteiger partial charge in [0.15, 0.2) is 0 Å². The van der Waals surface area contributed by atoms with Gasteiger partial charge in [-0.2, -0.15) is 0 Å². The summed E-state index contributed by atoms with van der Waals surface area (Å²) in [5.41, 5.74) is 1.98. The van der Waals surface area contributed by atoms with E-state index in [1.807, 2.05) is 21.9 Å². The second-order valence-electron chi connectivity index (χ2n) is 7.89. The molecule has 1 unspecified atom stereocenters. The molecule has 140 valence electrons. The van der Waals surface area contributed by atoms with Crippen LogP contribution in [-0.2, 0) is 27.2 Å². The Morgan fingerprint density at radius 2 is 1.81 bits per heavy atom. The van der Waals surface area contributed by atoms with Crippen LogP contribution in [0.25, 0.3) is 0 Å². The van der Waals surface area contributed by atoms with E-state index in [0.717, 1.165) is 51.6 Å². The molecule has 5 nitrogen and oxygen atoms in total. The summed E-state index contributed by atoms with van der Waals surface area (Å²) in [6.07, 6.45) is 5.12. The van der Waals surface area contributed by atoms with Crippen molar-refractivity contribution in [3.8, 4) is 0 Å². The van der Waals surface area contributed by atoms with Crippen LogP contribution in [0.3, 0.4) is 0 Å². The van der Waals surface area contributed by atoms with Gasteiger partial charge in [-0.05, 0) is 49.7 Å². The van der Waals surface area contributed by atoms with Crippen molar-refractivity contribution in [2.45, 2.75) is 44.1 Å². The molecule has 0 N–H and O–H groups in total. The third kappa shape index (κ3) is 2.82. The minimum Gasteiger partial charge on any atom is -0.383 e. The Kier molecular flexibility index (Phi) is 4.74. The number of benzene rings is 1. The first-order valence-electron chi connectivity index (χ1n) is 9.82. The lowest BCUT2D eigenvalue weighted by Crippen LogP contribution is -2.62. The van der Waals surface area contributed by atoms with Crippen molar-refractivity contribution in [1.29, 1.82) is 0 Å². The molecule has 0 radical (unpaired) electrons. The van der Waals surface area contributed by atoms with E-state index in [4.69, 9.17) is 4.74 Å². The van der Waals surface area contributed by atoms with Crippen LogP contribution in [0.1, 0.15) is 36.8 Å². The van der Waals surface area contributed by atoms with Gasteiger partial charge in [-0.3, -0.25) is 9.59 Å². The number of hydrogen-bond acceptors (Lipinski definition) is 3. The van der Waals surface area contributed by atoms with Crippen LogP contribution in [0.15, 0.2) is 24.3 Å². The molecular formula is C21H28N2O3. The predicted molar refractivity (Wildman–Crippen MR) is 98.7 cm³/mol. The normalized spacial score (nSPS) is 26.0. The van der Waals surface area contributed by atoms with Crippen molar-refractivity contribution in [2.75, 3.05) is 33.4 Å². The number of likely N-dealkylation sites (tertiary alicyclic amines) is 2. The molecule has 26 heavy (non-hydrogen) atoms. The van der Waals surface area contributed by atoms with Gasteiger partial charge < -0.3 is 14.5 Å². The molecule has 4 rings (SSSR count). The molecule has 1 atom stereocenters. The van der Waals surface area contributed by atoms with E-state index in [2.05, 4.69) is 12.1 Å². The fraction of sp³-hybridized carbons (Fsp3) is 0.619. The van der Waals surface area contributed by atoms with Crippen molar-refractivity contribution in [2.24, 2.45) is 5.92 Å². The van der Waals surface area contributed by atoms with Crippen LogP contribution in [0.4, 0.5) is 0 Å². The number of hydrogen-bond donors (Lipinski definition) is 0. The van der Waals surface area contributed by atoms with Crippen LogP contribution in [0.5, 0.6) is 0 Å². The molecule has 1 aromatic carbocycles. The van der Waals surface area contributed by atoms with Gasteiger partial charge in [-0.15, -0.1) is 0 Å². The van der Waals surface area contributed by atoms with Crippen LogP contribution in [0, 0.1) is 5.92 Å². The summed E-state index contributed by atoms with van der Waals surface area (Å²) < 4.78 is 5.16. The minimum atomic E-state index is -0.599. The molecular weight excluding hydrogens is 328 g/mol. The SMILES string of the molecule is COCCN1CCCC2(CCCN2C(=O)C2Cc3ccccc3C2)C1=O. The van der Waals surface area contributed by atoms with Gasteiger partial charge in [0.25, 0.3) is 0 Å². The minimum absolute atomic E-state index is 0.00970. The summed E-state index contributed by atoms with van der Waals surface area (Å²) in [4.78, 5) is 30.5. The Bertz CT molecular complexity index is 679. The first-order valence-corrected chi connectivity index (χ1v) is 9.82. The molecule has 5 heteroatoms. The number of carbonyl (C=O) groups excluding carboxylic acids is 2. The average molecular weight is 356 g/mol. The summed E-state index contributed by atoms with van der Waals surface area (Å²) >= 11 is 0. The molecule has 0 saturated carbocycles. The van der Waals surface area contributed by atoms with E-state index < -0.39 is 5.54 Å². The predicted octanol–water partition coefficient (Wildman–Crippen LogP) is 2.03. The van der Waals surface area contributed by atoms with Gasteiger partial charge in [-0.25, -0.2) is 0 Å². The Morgan fingerprint density at radius 3 is 2.46 bits per heavy atom. The van der Waals surface area contributed by atoms with E-state index >= 15 is 0 Å². The third-order valence-corrected chi connectivity index (χ3v) is 6.42. The fourth-order valence-corrected chi connectivity index (χ4v) is 5.12. The van der Waals surface area contributed by atoms with Crippen LogP contribution < -0.4 is 0 Å². The summed E-state index contributed by atoms with van der Waals surface area (Å²) in [6, 6.07) is 8.34. The number of nitrogens with zero attached hydrogens (tertiary/aromatic N) is 2. The fourth-order valence-electron chi connectivity index (χ4n) is 5.12. The zero-order valence-electron chi connectivity index (χ0n) is 15.6. The third-order valence-electron chi connectivity index (χ3n) is 6.42. The number of methoxy groups -OCH3 is 1. The zero-order chi connectivity index (χ0) is 18.1. The highest BCUT2D eigenvalue weighted by atomic mass is 16.5. The molecule has 2 saturated heterocycles. The molecule has 2 heterocycles. The number of fused-ring (bicyclic) bond motifs is 1. The van der Waals surface area contributed by atoms with Gasteiger partial charge in [0.05, 0.1) is 6.61 Å². The standard InChI is InChI=1S/C21H28N2O3/c1-26-13-12-22-10-4-8-21(20(22)25)9-5-11-23(21)19(24)18-14-16-6-2-3-7-17(16)15-18/h2-3,6-7,18H,4-5,8-15H2,1H3. The monoisotopic (exact) mass is 356 g/mol. The number of rotatable bonds is 4. The lowest BCUT2D eigenvalue weighted by Gasteiger charge is -2.45. The highest BCUT2D eigenvalue weighted by Gasteiger charge is 2.53. The first kappa shape index (κ1) is 17.5. The highest BCUT2D eigenvalue weighted by Crippen LogP contribution is 2.40. The van der Waals surface area contributed by atoms with E-state index in [-0.39, 0.29) is 17.7 Å². The molecule has 1 aliphatic carbocycles. The second-order valence-corrected chi connectivity index (χ2v) is 7.89. The molecule has 2 fully saturated rings. The maximum atomic E-state index is 13.4. The quantitative estimate of drug-likeness (QED) is 0.829. The molecule has 2 amide bonds. The molecule has 0 bridgehead atoms. The number of amides is 2. The van der Waals surface area contributed by atoms with Crippen LogP contribution in [-0.4, -0.2) is 60.5 Å². The highest BCUT2D eigenvalue weighted by molar-refractivity contribution is 5.93. The molecule has 1 spiro atoms. The topological polar surface area (TPSA) is 49.9 Å². The summed E-state index contributed by atoms with van der Waals surface area (Å²) in [6.45, 7) is 2.66. The zero-order valence-corrected chi connectivity index (χ0v) is 15.6. The largest absolute Gasteiger partial charge is 0.383 e. The molecule has 0 aromatic heterocycles. The van der Waals surface area contributed by atoms with Gasteiger partial charge >= 0.3 is 0 Å². The Labute approximate surface area is 155 Å². The Hall–Kier alpha value is -1.88. The number of ether oxygens (including phenoxy) is 1. The van der Waals surface area contributed by atoms with Crippen molar-refractivity contribution < 1.29 is 14.3 Å². The lowest BCUT2D eigenvalue weighted by molar-refractivity contribution is -0.157. The van der Waals surface area contributed by atoms with Crippen molar-refractivity contribution >= 4 is 11.8 Å². The van der Waals surface area contributed by atoms with E-state index in [1.54, 1.807) is 7.11 Å². The van der Waals surface area contributed by atoms with E-state index in [0.29, 0.717) is 13.2 Å². The first-order chi connectivity index (χ1) is 12.7. The summed E-state index contributed by atoms with van der Waals surface area (Å²) in [5, 5.41) is 0. The molecule has 2 aliphatic heterocycles. The van der Waals surface area contributed by atoms with Gasteiger partial charge in [0, 0.05) is 32.7 Å². The van der Waals surface area contributed by atoms with E-state index in [9.17, 15) is 9.59 Å². The van der Waals surface area contributed by atoms with Crippen molar-refractivity contribution in [3.05, 3.63) is 35.4 Å². The van der Waals surface area contributed by atoms with Gasteiger partial charge in [0.2, 0.25) is 11.8 Å². The van der Waals surface area contributed by atoms with Crippen molar-refractivity contribution in [1.82, 2.24) is 9.80 Å². The maximum absolute atomic E-state index is 13.4. The molecule has 3 aliphatic rings. The lowest BCUT2D eigenvalue weighted by atomic mass is 9.84. The smallest absolute Gasteiger partial charge is 0.248 e. The van der Waals surface area contributed by atoms with Gasteiger partial charge in [-0.1, -0.05) is 24.3 Å². The maximum Gasteiger partial charge on any atom is 0.248 e. The number of piperidine rings is 1. The summed E-state index contributed by atoms with van der Waals surface area (Å²) in [5.74, 6) is 0.312. The van der Waals surface area contributed by atoms with Crippen molar-refractivity contribution in [3.63, 3.8) is 0 Å². The second kappa shape index (κ2) is 7.03. The van der Waals surface area contributed by atoms with Gasteiger partial charge in [0.1, 0.15) is 5.54 Å². The number of carbonyl (C=O) groups is 2. The van der Waals surface area contributed by atoms with Crippen LogP contribution in [0.2, 0.25) is 0 Å². The van der Waals surface area contributed by atoms with Crippen LogP contribution >= 0.6 is 0 Å². The average Bonchev–Trinajstić information content (AvgIpc) is 3.27. The molecule has 1 aromatic rings. The summed E-state index contributed by atoms with van der Waals surface area (Å²) in [7, 11) is 1.66. The Morgan fingerprint density at radius 1 is 1.15 bits per heavy atom. The Balaban J connectivity index is 1.53. The van der Waals surface area contributed by atoms with E-state index in [1.165, 1.54) is 11.1 Å².